The number of hydrogen-bond acceptors (Lipinski definition) is 2. The topological polar surface area (TPSA) is 18.5 Å². The Balaban J connectivity index is 1.88. The minimum Gasteiger partial charge on any atom is -0.398 e. The molecule has 0 spiro atoms. The standard InChI is InChI=1S/C17H21BF2O2/c1-16(2)17(3,4)22-18(21-16)15(20)10-12-9-13(19)7-8-14(12)11-5-6-11/h7-11H,5-6H2,1-4H3. The summed E-state index contributed by atoms with van der Waals surface area (Å²) in [5.41, 5.74) is -0.136. The maximum absolute atomic E-state index is 14.6. The molecule has 1 aliphatic carbocycles. The number of rotatable bonds is 3. The van der Waals surface area contributed by atoms with Crippen LogP contribution in [0.3, 0.4) is 0 Å². The fourth-order valence-corrected chi connectivity index (χ4v) is 2.61. The molecule has 3 rings (SSSR count). The van der Waals surface area contributed by atoms with Gasteiger partial charge in [0, 0.05) is 0 Å². The normalized spacial score (nSPS) is 23.9. The van der Waals surface area contributed by atoms with E-state index in [2.05, 4.69) is 0 Å². The molecule has 22 heavy (non-hydrogen) atoms. The quantitative estimate of drug-likeness (QED) is 0.757. The summed E-state index contributed by atoms with van der Waals surface area (Å²) in [5, 5.41) is 0. The average molecular weight is 306 g/mol. The zero-order valence-corrected chi connectivity index (χ0v) is 13.5. The molecule has 5 heteroatoms. The van der Waals surface area contributed by atoms with E-state index >= 15 is 0 Å². The lowest BCUT2D eigenvalue weighted by Gasteiger charge is -2.32. The molecule has 0 N–H and O–H groups in total. The first-order valence-corrected chi connectivity index (χ1v) is 7.72. The number of benzene rings is 1. The van der Waals surface area contributed by atoms with E-state index in [-0.39, 0.29) is 5.82 Å². The summed E-state index contributed by atoms with van der Waals surface area (Å²) in [4.78, 5) is 0. The molecule has 0 amide bonds. The van der Waals surface area contributed by atoms with Gasteiger partial charge in [0.05, 0.1) is 11.2 Å². The van der Waals surface area contributed by atoms with Gasteiger partial charge in [-0.1, -0.05) is 6.07 Å². The van der Waals surface area contributed by atoms with Crippen LogP contribution in [0.1, 0.15) is 57.6 Å². The van der Waals surface area contributed by atoms with Crippen LogP contribution in [-0.2, 0) is 9.31 Å². The first-order chi connectivity index (χ1) is 10.2. The Hall–Kier alpha value is -1.20. The molecular weight excluding hydrogens is 285 g/mol. The van der Waals surface area contributed by atoms with Crippen molar-refractivity contribution in [2.75, 3.05) is 0 Å². The maximum atomic E-state index is 14.6. The van der Waals surface area contributed by atoms with Crippen molar-refractivity contribution in [3.63, 3.8) is 0 Å². The predicted octanol–water partition coefficient (Wildman–Crippen LogP) is 4.64. The van der Waals surface area contributed by atoms with E-state index in [0.717, 1.165) is 18.4 Å². The molecule has 2 fully saturated rings. The highest BCUT2D eigenvalue weighted by atomic mass is 19.1. The summed E-state index contributed by atoms with van der Waals surface area (Å²) >= 11 is 0. The molecule has 118 valence electrons. The van der Waals surface area contributed by atoms with Gasteiger partial charge >= 0.3 is 7.12 Å². The molecule has 1 heterocycles. The first-order valence-electron chi connectivity index (χ1n) is 7.72. The maximum Gasteiger partial charge on any atom is 0.525 e. The van der Waals surface area contributed by atoms with Crippen molar-refractivity contribution in [1.29, 1.82) is 0 Å². The van der Waals surface area contributed by atoms with E-state index in [1.54, 1.807) is 6.07 Å². The molecule has 1 aromatic rings. The Morgan fingerprint density at radius 2 is 1.77 bits per heavy atom. The second-order valence-corrected chi connectivity index (χ2v) is 7.16. The van der Waals surface area contributed by atoms with Crippen molar-refractivity contribution in [2.24, 2.45) is 0 Å². The van der Waals surface area contributed by atoms with Gasteiger partial charge in [-0.3, -0.25) is 0 Å². The minimum atomic E-state index is -1.04. The number of hydrogen-bond donors (Lipinski definition) is 0. The van der Waals surface area contributed by atoms with Crippen molar-refractivity contribution >= 4 is 13.2 Å². The van der Waals surface area contributed by atoms with Crippen LogP contribution >= 0.6 is 0 Å². The van der Waals surface area contributed by atoms with E-state index in [1.807, 2.05) is 27.7 Å². The van der Waals surface area contributed by atoms with Crippen molar-refractivity contribution < 1.29 is 18.1 Å². The molecule has 0 bridgehead atoms. The number of halogens is 2. The van der Waals surface area contributed by atoms with Gasteiger partial charge in [0.15, 0.2) is 0 Å². The molecule has 2 nitrogen and oxygen atoms in total. The third kappa shape index (κ3) is 2.84. The largest absolute Gasteiger partial charge is 0.525 e. The van der Waals surface area contributed by atoms with Crippen LogP contribution in [0.2, 0.25) is 0 Å². The molecule has 1 aliphatic heterocycles. The van der Waals surface area contributed by atoms with Crippen molar-refractivity contribution in [3.05, 3.63) is 40.9 Å². The highest BCUT2D eigenvalue weighted by molar-refractivity contribution is 6.54. The fourth-order valence-electron chi connectivity index (χ4n) is 2.61. The van der Waals surface area contributed by atoms with Gasteiger partial charge in [0.2, 0.25) is 0 Å². The lowest BCUT2D eigenvalue weighted by atomic mass is 9.86. The lowest BCUT2D eigenvalue weighted by molar-refractivity contribution is 0.00578. The second kappa shape index (κ2) is 5.17. The SMILES string of the molecule is CC1(C)OB(C(F)=Cc2cc(F)ccc2C2CC2)OC1(C)C. The van der Waals surface area contributed by atoms with Gasteiger partial charge in [-0.15, -0.1) is 0 Å². The molecule has 2 aliphatic rings. The molecule has 1 aromatic carbocycles. The molecule has 0 aromatic heterocycles. The van der Waals surface area contributed by atoms with Crippen LogP contribution in [0.15, 0.2) is 23.9 Å². The summed E-state index contributed by atoms with van der Waals surface area (Å²) in [6.07, 6.45) is 3.49. The molecular formula is C17H21BF2O2. The van der Waals surface area contributed by atoms with Gasteiger partial charge in [-0.2, -0.15) is 0 Å². The summed E-state index contributed by atoms with van der Waals surface area (Å²) in [6, 6.07) is 4.55. The highest BCUT2D eigenvalue weighted by Crippen LogP contribution is 2.43. The van der Waals surface area contributed by atoms with Crippen molar-refractivity contribution in [3.8, 4) is 0 Å². The van der Waals surface area contributed by atoms with Gasteiger partial charge in [0.25, 0.3) is 0 Å². The lowest BCUT2D eigenvalue weighted by Crippen LogP contribution is -2.41. The second-order valence-electron chi connectivity index (χ2n) is 7.16. The van der Waals surface area contributed by atoms with Gasteiger partial charge < -0.3 is 9.31 Å². The Morgan fingerprint density at radius 1 is 1.18 bits per heavy atom. The minimum absolute atomic E-state index is 0.364. The molecule has 1 saturated heterocycles. The average Bonchev–Trinajstić information content (AvgIpc) is 3.18. The Labute approximate surface area is 130 Å². The van der Waals surface area contributed by atoms with Gasteiger partial charge in [0.1, 0.15) is 11.5 Å². The predicted molar refractivity (Wildman–Crippen MR) is 83.5 cm³/mol. The molecule has 1 saturated carbocycles. The third-order valence-corrected chi connectivity index (χ3v) is 4.84. The van der Waals surface area contributed by atoms with Crippen LogP contribution < -0.4 is 0 Å². The van der Waals surface area contributed by atoms with E-state index in [9.17, 15) is 8.78 Å². The van der Waals surface area contributed by atoms with E-state index < -0.39 is 24.0 Å². The zero-order chi connectivity index (χ0) is 16.1. The summed E-state index contributed by atoms with van der Waals surface area (Å²) in [7, 11) is -1.04. The van der Waals surface area contributed by atoms with Crippen LogP contribution in [0.4, 0.5) is 8.78 Å². The smallest absolute Gasteiger partial charge is 0.398 e. The first kappa shape index (κ1) is 15.7. The van der Waals surface area contributed by atoms with Gasteiger partial charge in [-0.05, 0) is 75.8 Å². The fraction of sp³-hybridized carbons (Fsp3) is 0.529. The summed E-state index contributed by atoms with van der Waals surface area (Å²) < 4.78 is 39.4. The van der Waals surface area contributed by atoms with E-state index in [0.29, 0.717) is 11.5 Å². The Kier molecular flexibility index (Phi) is 3.69. The summed E-state index contributed by atoms with van der Waals surface area (Å²) in [6.45, 7) is 7.49. The Morgan fingerprint density at radius 3 is 2.32 bits per heavy atom. The van der Waals surface area contributed by atoms with E-state index in [1.165, 1.54) is 18.2 Å². The monoisotopic (exact) mass is 306 g/mol. The third-order valence-electron chi connectivity index (χ3n) is 4.84. The van der Waals surface area contributed by atoms with Crippen LogP contribution in [0, 0.1) is 5.82 Å². The van der Waals surface area contributed by atoms with Crippen LogP contribution in [-0.4, -0.2) is 18.3 Å². The van der Waals surface area contributed by atoms with E-state index in [4.69, 9.17) is 9.31 Å². The van der Waals surface area contributed by atoms with Crippen molar-refractivity contribution in [1.82, 2.24) is 0 Å². The summed E-state index contributed by atoms with van der Waals surface area (Å²) in [5.74, 6) is 0.0512. The van der Waals surface area contributed by atoms with Crippen LogP contribution in [0.25, 0.3) is 6.08 Å². The zero-order valence-electron chi connectivity index (χ0n) is 13.5. The van der Waals surface area contributed by atoms with Crippen molar-refractivity contribution in [2.45, 2.75) is 57.7 Å². The molecule has 0 atom stereocenters. The highest BCUT2D eigenvalue weighted by Gasteiger charge is 2.53. The molecule has 0 radical (unpaired) electrons. The van der Waals surface area contributed by atoms with Gasteiger partial charge in [-0.25, -0.2) is 8.78 Å². The molecule has 0 unspecified atom stereocenters. The Bertz CT molecular complexity index is 605. The van der Waals surface area contributed by atoms with Crippen LogP contribution in [0.5, 0.6) is 0 Å².